The number of hydrogen-bond donors (Lipinski definition) is 2. The Hall–Kier alpha value is -1.56. The second kappa shape index (κ2) is 6.90. The molecule has 0 fully saturated rings. The summed E-state index contributed by atoms with van der Waals surface area (Å²) in [5, 5.41) is 11.4. The first-order valence-corrected chi connectivity index (χ1v) is 5.82. The molecule has 1 aromatic heterocycles. The normalized spacial score (nSPS) is 12.3. The Bertz CT molecular complexity index is 360. The van der Waals surface area contributed by atoms with Gasteiger partial charge in [0, 0.05) is 45.4 Å². The smallest absolute Gasteiger partial charge is 0.140 e. The van der Waals surface area contributed by atoms with Crippen molar-refractivity contribution in [2.75, 3.05) is 19.6 Å². The number of imidazole rings is 1. The molecule has 1 aromatic rings. The van der Waals surface area contributed by atoms with Gasteiger partial charge in [-0.1, -0.05) is 12.1 Å². The van der Waals surface area contributed by atoms with Crippen LogP contribution in [-0.4, -0.2) is 45.1 Å². The van der Waals surface area contributed by atoms with Crippen LogP contribution in [0, 0.1) is 0 Å². The molecule has 0 aliphatic carbocycles. The van der Waals surface area contributed by atoms with E-state index in [-0.39, 0.29) is 5.84 Å². The highest BCUT2D eigenvalue weighted by molar-refractivity contribution is 5.79. The van der Waals surface area contributed by atoms with Gasteiger partial charge in [-0.3, -0.25) is 0 Å². The van der Waals surface area contributed by atoms with Gasteiger partial charge in [-0.05, 0) is 6.54 Å². The molecule has 0 unspecified atom stereocenters. The van der Waals surface area contributed by atoms with E-state index in [0.717, 1.165) is 31.9 Å². The molecule has 1 heterocycles. The number of likely N-dealkylation sites (N-methyl/N-ethyl adjacent to an activating group) is 1. The molecule has 0 bridgehead atoms. The number of rotatable bonds is 7. The quantitative estimate of drug-likeness (QED) is 0.313. The molecular formula is C11H21N5O. The van der Waals surface area contributed by atoms with Gasteiger partial charge in [0.1, 0.15) is 11.7 Å². The SMILES string of the molecule is CCN(CC/C(N)=N/O)CCc1nccn1C. The fourth-order valence-electron chi connectivity index (χ4n) is 1.65. The Kier molecular flexibility index (Phi) is 5.48. The maximum atomic E-state index is 8.47. The first kappa shape index (κ1) is 13.5. The molecule has 6 nitrogen and oxygen atoms in total. The summed E-state index contributed by atoms with van der Waals surface area (Å²) in [4.78, 5) is 6.54. The van der Waals surface area contributed by atoms with Crippen LogP contribution >= 0.6 is 0 Å². The number of aryl methyl sites for hydroxylation is 1. The predicted octanol–water partition coefficient (Wildman–Crippen LogP) is 0.421. The third kappa shape index (κ3) is 4.44. The van der Waals surface area contributed by atoms with E-state index in [1.54, 1.807) is 0 Å². The number of nitrogens with two attached hydrogens (primary N) is 1. The summed E-state index contributed by atoms with van der Waals surface area (Å²) >= 11 is 0. The zero-order chi connectivity index (χ0) is 12.7. The maximum absolute atomic E-state index is 8.47. The summed E-state index contributed by atoms with van der Waals surface area (Å²) in [5.74, 6) is 1.35. The molecular weight excluding hydrogens is 218 g/mol. The Morgan fingerprint density at radius 1 is 1.59 bits per heavy atom. The molecule has 1 rings (SSSR count). The van der Waals surface area contributed by atoms with E-state index in [9.17, 15) is 0 Å². The second-order valence-corrected chi connectivity index (χ2v) is 3.98. The summed E-state index contributed by atoms with van der Waals surface area (Å²) in [6.45, 7) is 4.78. The van der Waals surface area contributed by atoms with Crippen LogP contribution in [0.2, 0.25) is 0 Å². The van der Waals surface area contributed by atoms with Crippen molar-refractivity contribution in [3.8, 4) is 0 Å². The standard InChI is InChI=1S/C11H21N5O/c1-3-16(7-4-10(12)14-17)8-5-11-13-6-9-15(11)2/h6,9,17H,3-5,7-8H2,1-2H3,(H2,12,14). The largest absolute Gasteiger partial charge is 0.409 e. The van der Waals surface area contributed by atoms with E-state index >= 15 is 0 Å². The summed E-state index contributed by atoms with van der Waals surface area (Å²) in [7, 11) is 2.00. The highest BCUT2D eigenvalue weighted by Crippen LogP contribution is 1.99. The van der Waals surface area contributed by atoms with Gasteiger partial charge in [0.2, 0.25) is 0 Å². The van der Waals surface area contributed by atoms with Crippen molar-refractivity contribution < 1.29 is 5.21 Å². The molecule has 0 saturated heterocycles. The number of amidine groups is 1. The van der Waals surface area contributed by atoms with Gasteiger partial charge in [0.25, 0.3) is 0 Å². The van der Waals surface area contributed by atoms with E-state index in [0.29, 0.717) is 6.42 Å². The monoisotopic (exact) mass is 239 g/mol. The van der Waals surface area contributed by atoms with Crippen LogP contribution in [0.25, 0.3) is 0 Å². The first-order chi connectivity index (χ1) is 8.17. The first-order valence-electron chi connectivity index (χ1n) is 5.82. The third-order valence-corrected chi connectivity index (χ3v) is 2.83. The van der Waals surface area contributed by atoms with E-state index in [1.807, 2.05) is 24.0 Å². The third-order valence-electron chi connectivity index (χ3n) is 2.83. The minimum Gasteiger partial charge on any atom is -0.409 e. The van der Waals surface area contributed by atoms with Crippen LogP contribution in [-0.2, 0) is 13.5 Å². The Labute approximate surface area is 102 Å². The molecule has 6 heteroatoms. The number of hydrogen-bond acceptors (Lipinski definition) is 4. The van der Waals surface area contributed by atoms with Gasteiger partial charge in [-0.25, -0.2) is 4.98 Å². The molecule has 0 aliphatic rings. The molecule has 0 atom stereocenters. The van der Waals surface area contributed by atoms with Crippen LogP contribution in [0.15, 0.2) is 17.5 Å². The van der Waals surface area contributed by atoms with Crippen LogP contribution in [0.4, 0.5) is 0 Å². The summed E-state index contributed by atoms with van der Waals surface area (Å²) < 4.78 is 2.03. The van der Waals surface area contributed by atoms with E-state index in [4.69, 9.17) is 10.9 Å². The lowest BCUT2D eigenvalue weighted by Crippen LogP contribution is -2.30. The summed E-state index contributed by atoms with van der Waals surface area (Å²) in [5.41, 5.74) is 5.45. The molecule has 0 saturated carbocycles. The Morgan fingerprint density at radius 3 is 2.88 bits per heavy atom. The second-order valence-electron chi connectivity index (χ2n) is 3.98. The topological polar surface area (TPSA) is 79.7 Å². The van der Waals surface area contributed by atoms with Gasteiger partial charge in [-0.15, -0.1) is 0 Å². The number of oxime groups is 1. The van der Waals surface area contributed by atoms with Crippen molar-refractivity contribution in [3.05, 3.63) is 18.2 Å². The Balaban J connectivity index is 2.35. The van der Waals surface area contributed by atoms with Crippen molar-refractivity contribution in [2.24, 2.45) is 17.9 Å². The molecule has 0 amide bonds. The van der Waals surface area contributed by atoms with Crippen molar-refractivity contribution in [3.63, 3.8) is 0 Å². The highest BCUT2D eigenvalue weighted by Gasteiger charge is 2.06. The Morgan fingerprint density at radius 2 is 2.35 bits per heavy atom. The molecule has 96 valence electrons. The molecule has 3 N–H and O–H groups in total. The van der Waals surface area contributed by atoms with E-state index in [1.165, 1.54) is 0 Å². The minimum absolute atomic E-state index is 0.278. The fraction of sp³-hybridized carbons (Fsp3) is 0.636. The van der Waals surface area contributed by atoms with Crippen LogP contribution in [0.5, 0.6) is 0 Å². The molecule has 0 spiro atoms. The van der Waals surface area contributed by atoms with Crippen LogP contribution < -0.4 is 5.73 Å². The van der Waals surface area contributed by atoms with Gasteiger partial charge in [0.15, 0.2) is 0 Å². The van der Waals surface area contributed by atoms with Gasteiger partial charge < -0.3 is 20.4 Å². The molecule has 0 radical (unpaired) electrons. The molecule has 0 aromatic carbocycles. The minimum atomic E-state index is 0.278. The van der Waals surface area contributed by atoms with E-state index < -0.39 is 0 Å². The average Bonchev–Trinajstić information content (AvgIpc) is 2.75. The average molecular weight is 239 g/mol. The van der Waals surface area contributed by atoms with Crippen molar-refractivity contribution >= 4 is 5.84 Å². The van der Waals surface area contributed by atoms with Crippen LogP contribution in [0.1, 0.15) is 19.2 Å². The number of nitrogens with zero attached hydrogens (tertiary/aromatic N) is 4. The van der Waals surface area contributed by atoms with Gasteiger partial charge in [0.05, 0.1) is 0 Å². The summed E-state index contributed by atoms with van der Waals surface area (Å²) in [6, 6.07) is 0. The fourth-order valence-corrected chi connectivity index (χ4v) is 1.65. The lowest BCUT2D eigenvalue weighted by molar-refractivity contribution is 0.290. The lowest BCUT2D eigenvalue weighted by atomic mass is 10.3. The molecule has 17 heavy (non-hydrogen) atoms. The van der Waals surface area contributed by atoms with Crippen LogP contribution in [0.3, 0.4) is 0 Å². The zero-order valence-electron chi connectivity index (χ0n) is 10.5. The van der Waals surface area contributed by atoms with Crippen molar-refractivity contribution in [2.45, 2.75) is 19.8 Å². The van der Waals surface area contributed by atoms with Gasteiger partial charge in [-0.2, -0.15) is 0 Å². The predicted molar refractivity (Wildman–Crippen MR) is 67.1 cm³/mol. The number of aromatic nitrogens is 2. The van der Waals surface area contributed by atoms with E-state index in [2.05, 4.69) is 22.0 Å². The van der Waals surface area contributed by atoms with Crippen molar-refractivity contribution in [1.29, 1.82) is 0 Å². The molecule has 0 aliphatic heterocycles. The van der Waals surface area contributed by atoms with Crippen molar-refractivity contribution in [1.82, 2.24) is 14.5 Å². The maximum Gasteiger partial charge on any atom is 0.140 e. The van der Waals surface area contributed by atoms with Gasteiger partial charge >= 0.3 is 0 Å². The zero-order valence-corrected chi connectivity index (χ0v) is 10.5. The highest BCUT2D eigenvalue weighted by atomic mass is 16.4. The summed E-state index contributed by atoms with van der Waals surface area (Å²) in [6.07, 6.45) is 5.25. The lowest BCUT2D eigenvalue weighted by Gasteiger charge is -2.19.